The van der Waals surface area contributed by atoms with Gasteiger partial charge >= 0.3 is 5.97 Å². The molecule has 0 aromatic heterocycles. The summed E-state index contributed by atoms with van der Waals surface area (Å²) < 4.78 is 31.2. The molecule has 7 nitrogen and oxygen atoms in total. The van der Waals surface area contributed by atoms with Gasteiger partial charge in [0, 0.05) is 6.07 Å². The first-order chi connectivity index (χ1) is 8.88. The molecule has 19 heavy (non-hydrogen) atoms. The molecule has 100 valence electrons. The molecular weight excluding hydrogens is 274 g/mol. The zero-order chi connectivity index (χ0) is 14.0. The summed E-state index contributed by atoms with van der Waals surface area (Å²) in [6.45, 7) is -0.209. The lowest BCUT2D eigenvalue weighted by atomic mass is 10.3. The molecular formula is C11H9NO6S. The fraction of sp³-hybridized carbons (Fsp3) is 0.0909. The molecule has 0 saturated heterocycles. The summed E-state index contributed by atoms with van der Waals surface area (Å²) in [6.07, 6.45) is 0.945. The number of nitrogens with zero attached hydrogens (tertiary/aromatic N) is 1. The molecule has 0 unspecified atom stereocenters. The minimum Gasteiger partial charge on any atom is -0.508 e. The third kappa shape index (κ3) is 2.91. The molecule has 1 aromatic rings. The third-order valence-corrected chi connectivity index (χ3v) is 3.55. The van der Waals surface area contributed by atoms with Crippen molar-refractivity contribution in [3.8, 4) is 11.5 Å². The predicted molar refractivity (Wildman–Crippen MR) is 65.7 cm³/mol. The van der Waals surface area contributed by atoms with Crippen LogP contribution in [0.15, 0.2) is 39.6 Å². The van der Waals surface area contributed by atoms with Crippen LogP contribution in [0.3, 0.4) is 0 Å². The van der Waals surface area contributed by atoms with E-state index in [4.69, 9.17) is 9.84 Å². The number of hydrogen-bond acceptors (Lipinski definition) is 5. The number of aromatic hydroxyl groups is 1. The number of carbonyl (C=O) groups is 1. The van der Waals surface area contributed by atoms with Crippen LogP contribution in [-0.2, 0) is 14.8 Å². The Balaban J connectivity index is 2.12. The SMILES string of the molecule is O=C(O)C1=CC(COc2cccc(O)c2)=NS1(=O)=O. The molecule has 1 aliphatic rings. The molecule has 0 amide bonds. The quantitative estimate of drug-likeness (QED) is 0.833. The summed E-state index contributed by atoms with van der Waals surface area (Å²) in [4.78, 5) is 9.91. The van der Waals surface area contributed by atoms with Gasteiger partial charge in [0.2, 0.25) is 0 Å². The number of sulfonamides is 1. The van der Waals surface area contributed by atoms with Crippen molar-refractivity contribution >= 4 is 21.7 Å². The van der Waals surface area contributed by atoms with Crippen molar-refractivity contribution < 1.29 is 28.2 Å². The van der Waals surface area contributed by atoms with Crippen LogP contribution in [0, 0.1) is 0 Å². The van der Waals surface area contributed by atoms with Crippen molar-refractivity contribution in [2.24, 2.45) is 4.40 Å². The second-order valence-corrected chi connectivity index (χ2v) is 5.23. The second-order valence-electron chi connectivity index (χ2n) is 3.66. The van der Waals surface area contributed by atoms with Gasteiger partial charge in [0.15, 0.2) is 4.91 Å². The summed E-state index contributed by atoms with van der Waals surface area (Å²) in [7, 11) is -4.13. The topological polar surface area (TPSA) is 113 Å². The number of hydrogen-bond donors (Lipinski definition) is 2. The number of carboxylic acid groups (broad SMARTS) is 1. The lowest BCUT2D eigenvalue weighted by Crippen LogP contribution is -2.07. The van der Waals surface area contributed by atoms with Gasteiger partial charge in [-0.05, 0) is 18.2 Å². The lowest BCUT2D eigenvalue weighted by molar-refractivity contribution is -0.131. The Morgan fingerprint density at radius 1 is 1.37 bits per heavy atom. The van der Waals surface area contributed by atoms with E-state index in [1.54, 1.807) is 12.1 Å². The monoisotopic (exact) mass is 283 g/mol. The molecule has 0 spiro atoms. The van der Waals surface area contributed by atoms with Crippen molar-refractivity contribution in [3.63, 3.8) is 0 Å². The molecule has 0 saturated carbocycles. The largest absolute Gasteiger partial charge is 0.508 e. The summed E-state index contributed by atoms with van der Waals surface area (Å²) in [6, 6.07) is 5.90. The van der Waals surface area contributed by atoms with Gasteiger partial charge < -0.3 is 14.9 Å². The normalized spacial score (nSPS) is 16.6. The summed E-state index contributed by atoms with van der Waals surface area (Å²) in [5.74, 6) is -1.24. The van der Waals surface area contributed by atoms with Gasteiger partial charge in [-0.25, -0.2) is 4.79 Å². The molecule has 0 atom stereocenters. The fourth-order valence-electron chi connectivity index (χ4n) is 1.43. The summed E-state index contributed by atoms with van der Waals surface area (Å²) in [5, 5.41) is 17.9. The van der Waals surface area contributed by atoms with Gasteiger partial charge in [-0.15, -0.1) is 0 Å². The highest BCUT2D eigenvalue weighted by atomic mass is 32.2. The first-order valence-corrected chi connectivity index (χ1v) is 6.53. The van der Waals surface area contributed by atoms with E-state index in [1.165, 1.54) is 12.1 Å². The Morgan fingerprint density at radius 2 is 2.11 bits per heavy atom. The maximum Gasteiger partial charge on any atom is 0.349 e. The summed E-state index contributed by atoms with van der Waals surface area (Å²) in [5.41, 5.74) is -0.0132. The number of phenolic OH excluding ortho intramolecular Hbond substituents is 1. The number of benzene rings is 1. The van der Waals surface area contributed by atoms with Gasteiger partial charge in [-0.2, -0.15) is 12.8 Å². The van der Waals surface area contributed by atoms with Crippen molar-refractivity contribution in [1.82, 2.24) is 0 Å². The van der Waals surface area contributed by atoms with Gasteiger partial charge in [-0.3, -0.25) is 0 Å². The third-order valence-electron chi connectivity index (χ3n) is 2.23. The molecule has 1 aliphatic heterocycles. The number of aliphatic carboxylic acids is 1. The average molecular weight is 283 g/mol. The first-order valence-electron chi connectivity index (χ1n) is 5.09. The Morgan fingerprint density at radius 3 is 2.68 bits per heavy atom. The van der Waals surface area contributed by atoms with Crippen molar-refractivity contribution in [2.45, 2.75) is 0 Å². The van der Waals surface area contributed by atoms with E-state index in [9.17, 15) is 18.3 Å². The van der Waals surface area contributed by atoms with E-state index in [0.717, 1.165) is 6.08 Å². The molecule has 1 heterocycles. The van der Waals surface area contributed by atoms with Crippen molar-refractivity contribution in [2.75, 3.05) is 6.61 Å². The lowest BCUT2D eigenvalue weighted by Gasteiger charge is -2.04. The zero-order valence-electron chi connectivity index (χ0n) is 9.48. The highest BCUT2D eigenvalue weighted by Crippen LogP contribution is 2.20. The minimum absolute atomic E-state index is 0.000231. The van der Waals surface area contributed by atoms with Gasteiger partial charge in [0.25, 0.3) is 10.0 Å². The van der Waals surface area contributed by atoms with Crippen molar-refractivity contribution in [3.05, 3.63) is 35.2 Å². The van der Waals surface area contributed by atoms with Crippen LogP contribution >= 0.6 is 0 Å². The number of rotatable bonds is 4. The van der Waals surface area contributed by atoms with Crippen LogP contribution < -0.4 is 4.74 Å². The molecule has 0 radical (unpaired) electrons. The highest BCUT2D eigenvalue weighted by molar-refractivity contribution is 7.95. The molecule has 0 bridgehead atoms. The van der Waals surface area contributed by atoms with Gasteiger partial charge in [-0.1, -0.05) is 6.07 Å². The maximum atomic E-state index is 11.3. The molecule has 1 aromatic carbocycles. The van der Waals surface area contributed by atoms with Crippen molar-refractivity contribution in [1.29, 1.82) is 0 Å². The molecule has 2 N–H and O–H groups in total. The standard InChI is InChI=1S/C11H9NO6S/c13-8-2-1-3-9(5-8)18-6-7-4-10(11(14)15)19(16,17)12-7/h1-5,13H,6H2,(H,14,15). The number of ether oxygens (including phenoxy) is 1. The highest BCUT2D eigenvalue weighted by Gasteiger charge is 2.30. The van der Waals surface area contributed by atoms with Crippen LogP contribution in [0.25, 0.3) is 0 Å². The maximum absolute atomic E-state index is 11.3. The second kappa shape index (κ2) is 4.73. The van der Waals surface area contributed by atoms with Crippen LogP contribution in [0.1, 0.15) is 0 Å². The van der Waals surface area contributed by atoms with Crippen LogP contribution in [0.4, 0.5) is 0 Å². The fourth-order valence-corrected chi connectivity index (χ4v) is 2.44. The first kappa shape index (κ1) is 13.1. The molecule has 0 fully saturated rings. The summed E-state index contributed by atoms with van der Waals surface area (Å²) >= 11 is 0. The Bertz CT molecular complexity index is 689. The average Bonchev–Trinajstić information content (AvgIpc) is 2.62. The van der Waals surface area contributed by atoms with Gasteiger partial charge in [0.05, 0.1) is 5.71 Å². The van der Waals surface area contributed by atoms with E-state index < -0.39 is 20.9 Å². The Labute approximate surface area is 108 Å². The number of carboxylic acids is 1. The Hall–Kier alpha value is -2.35. The smallest absolute Gasteiger partial charge is 0.349 e. The van der Waals surface area contributed by atoms with Gasteiger partial charge in [0.1, 0.15) is 18.1 Å². The minimum atomic E-state index is -4.13. The van der Waals surface area contributed by atoms with E-state index in [2.05, 4.69) is 4.40 Å². The molecule has 2 rings (SSSR count). The van der Waals surface area contributed by atoms with Crippen LogP contribution in [0.2, 0.25) is 0 Å². The molecule has 0 aliphatic carbocycles. The van der Waals surface area contributed by atoms with E-state index in [-0.39, 0.29) is 18.1 Å². The molecule has 8 heteroatoms. The van der Waals surface area contributed by atoms with E-state index in [0.29, 0.717) is 5.75 Å². The van der Waals surface area contributed by atoms with Crippen LogP contribution in [0.5, 0.6) is 11.5 Å². The Kier molecular flexibility index (Phi) is 3.26. The van der Waals surface area contributed by atoms with Crippen LogP contribution in [-0.4, -0.2) is 36.9 Å². The zero-order valence-corrected chi connectivity index (χ0v) is 10.3. The van der Waals surface area contributed by atoms with E-state index in [1.807, 2.05) is 0 Å². The predicted octanol–water partition coefficient (Wildman–Crippen LogP) is 0.524. The van der Waals surface area contributed by atoms with E-state index >= 15 is 0 Å². The number of phenols is 1.